The second kappa shape index (κ2) is 7.97. The van der Waals surface area contributed by atoms with Crippen LogP contribution in [0.25, 0.3) is 0 Å². The lowest BCUT2D eigenvalue weighted by Crippen LogP contribution is -2.21. The van der Waals surface area contributed by atoms with Crippen molar-refractivity contribution in [2.75, 3.05) is 23.3 Å². The average molecular weight is 345 g/mol. The molecule has 0 fully saturated rings. The van der Waals surface area contributed by atoms with Gasteiger partial charge >= 0.3 is 0 Å². The molecule has 0 aliphatic carbocycles. The van der Waals surface area contributed by atoms with E-state index in [1.165, 1.54) is 17.8 Å². The van der Waals surface area contributed by atoms with Crippen molar-refractivity contribution in [1.29, 1.82) is 0 Å². The van der Waals surface area contributed by atoms with Gasteiger partial charge in [-0.15, -0.1) is 0 Å². The number of rotatable bonds is 8. The van der Waals surface area contributed by atoms with Crippen LogP contribution in [0, 0.1) is 0 Å². The molecule has 24 heavy (non-hydrogen) atoms. The summed E-state index contributed by atoms with van der Waals surface area (Å²) < 4.78 is 26.3. The van der Waals surface area contributed by atoms with Gasteiger partial charge in [-0.25, -0.2) is 0 Å². The minimum atomic E-state index is -3.62. The van der Waals surface area contributed by atoms with E-state index >= 15 is 0 Å². The summed E-state index contributed by atoms with van der Waals surface area (Å²) in [7, 11) is -3.62. The van der Waals surface area contributed by atoms with Crippen LogP contribution in [-0.2, 0) is 16.6 Å². The molecule has 0 amide bonds. The predicted octanol–water partition coefficient (Wildman–Crippen LogP) is 3.53. The zero-order valence-electron chi connectivity index (χ0n) is 14.1. The molecule has 0 aliphatic rings. The van der Waals surface area contributed by atoms with Gasteiger partial charge in [-0.1, -0.05) is 12.1 Å². The Morgan fingerprint density at radius 3 is 2.08 bits per heavy atom. The Balaban J connectivity index is 1.99. The van der Waals surface area contributed by atoms with Crippen molar-refractivity contribution in [2.24, 2.45) is 4.40 Å². The van der Waals surface area contributed by atoms with Crippen LogP contribution in [-0.4, -0.2) is 28.2 Å². The van der Waals surface area contributed by atoms with E-state index in [0.717, 1.165) is 24.3 Å². The van der Waals surface area contributed by atoms with Crippen molar-refractivity contribution in [2.45, 2.75) is 25.3 Å². The zero-order chi connectivity index (χ0) is 17.6. The van der Waals surface area contributed by atoms with Gasteiger partial charge in [-0.05, 0) is 55.8 Å². The summed E-state index contributed by atoms with van der Waals surface area (Å²) in [6, 6.07) is 14.9. The normalized spacial score (nSPS) is 11.1. The molecule has 2 rings (SSSR count). The molecule has 0 saturated carbocycles. The molecule has 0 aromatic heterocycles. The summed E-state index contributed by atoms with van der Waals surface area (Å²) in [5.74, 6) is 0. The third-order valence-corrected chi connectivity index (χ3v) is 5.09. The maximum atomic E-state index is 11.6. The number of benzene rings is 2. The van der Waals surface area contributed by atoms with Gasteiger partial charge in [0, 0.05) is 37.7 Å². The highest BCUT2D eigenvalue weighted by Gasteiger charge is 2.10. The SMILES string of the molecule is C=NS(=O)(=O)c1ccc(NCc2ccc(N(CC)CC)cc2)cc1. The largest absolute Gasteiger partial charge is 0.381 e. The molecule has 0 bridgehead atoms. The molecular weight excluding hydrogens is 322 g/mol. The van der Waals surface area contributed by atoms with E-state index < -0.39 is 10.0 Å². The number of hydrogen-bond acceptors (Lipinski definition) is 4. The van der Waals surface area contributed by atoms with Crippen molar-refractivity contribution in [1.82, 2.24) is 0 Å². The fourth-order valence-electron chi connectivity index (χ4n) is 2.44. The lowest BCUT2D eigenvalue weighted by Gasteiger charge is -2.21. The van der Waals surface area contributed by atoms with Gasteiger partial charge in [0.2, 0.25) is 0 Å². The molecule has 0 heterocycles. The number of sulfonamides is 1. The summed E-state index contributed by atoms with van der Waals surface area (Å²) in [5.41, 5.74) is 3.23. The Bertz CT molecular complexity index is 765. The summed E-state index contributed by atoms with van der Waals surface area (Å²) in [6.45, 7) is 10.0. The van der Waals surface area contributed by atoms with E-state index in [2.05, 4.69) is 59.4 Å². The van der Waals surface area contributed by atoms with E-state index in [9.17, 15) is 8.42 Å². The first-order chi connectivity index (χ1) is 11.5. The van der Waals surface area contributed by atoms with Gasteiger partial charge in [0.05, 0.1) is 4.90 Å². The highest BCUT2D eigenvalue weighted by atomic mass is 32.2. The summed E-state index contributed by atoms with van der Waals surface area (Å²) >= 11 is 0. The van der Waals surface area contributed by atoms with Crippen molar-refractivity contribution in [3.8, 4) is 0 Å². The van der Waals surface area contributed by atoms with Crippen LogP contribution in [0.1, 0.15) is 19.4 Å². The van der Waals surface area contributed by atoms with Gasteiger partial charge in [0.25, 0.3) is 10.0 Å². The highest BCUT2D eigenvalue weighted by Crippen LogP contribution is 2.18. The molecule has 2 aromatic rings. The van der Waals surface area contributed by atoms with Crippen LogP contribution in [0.4, 0.5) is 11.4 Å². The standard InChI is InChI=1S/C18H23N3O2S/c1-4-21(5-2)17-10-6-15(7-11-17)14-20-16-8-12-18(13-9-16)24(22,23)19-3/h6-13,20H,3-5,14H2,1-2H3. The quantitative estimate of drug-likeness (QED) is 0.744. The van der Waals surface area contributed by atoms with E-state index in [0.29, 0.717) is 6.54 Å². The van der Waals surface area contributed by atoms with Crippen molar-refractivity contribution >= 4 is 28.1 Å². The van der Waals surface area contributed by atoms with Crippen molar-refractivity contribution in [3.05, 3.63) is 54.1 Å². The molecule has 2 aromatic carbocycles. The summed E-state index contributed by atoms with van der Waals surface area (Å²) in [5, 5.41) is 3.28. The molecule has 128 valence electrons. The second-order valence-electron chi connectivity index (χ2n) is 5.32. The Morgan fingerprint density at radius 1 is 1.00 bits per heavy atom. The first-order valence-corrected chi connectivity index (χ1v) is 9.35. The third kappa shape index (κ3) is 4.35. The number of nitrogens with zero attached hydrogens (tertiary/aromatic N) is 2. The molecule has 0 saturated heterocycles. The molecule has 5 nitrogen and oxygen atoms in total. The van der Waals surface area contributed by atoms with Gasteiger partial charge in [-0.3, -0.25) is 0 Å². The molecule has 0 spiro atoms. The number of anilines is 2. The smallest absolute Gasteiger partial charge is 0.281 e. The lowest BCUT2D eigenvalue weighted by molar-refractivity contribution is 0.598. The number of nitrogens with one attached hydrogen (secondary N) is 1. The fraction of sp³-hybridized carbons (Fsp3) is 0.278. The average Bonchev–Trinajstić information content (AvgIpc) is 2.62. The van der Waals surface area contributed by atoms with Crippen molar-refractivity contribution in [3.63, 3.8) is 0 Å². The molecular formula is C18H23N3O2S. The van der Waals surface area contributed by atoms with E-state index in [1.54, 1.807) is 12.1 Å². The Hall–Kier alpha value is -2.34. The second-order valence-corrected chi connectivity index (χ2v) is 7.00. The van der Waals surface area contributed by atoms with Crippen LogP contribution in [0.2, 0.25) is 0 Å². The summed E-state index contributed by atoms with van der Waals surface area (Å²) in [6.07, 6.45) is 0. The monoisotopic (exact) mass is 345 g/mol. The highest BCUT2D eigenvalue weighted by molar-refractivity contribution is 7.90. The van der Waals surface area contributed by atoms with E-state index in [4.69, 9.17) is 0 Å². The Kier molecular flexibility index (Phi) is 5.98. The molecule has 0 aliphatic heterocycles. The zero-order valence-corrected chi connectivity index (χ0v) is 14.9. The van der Waals surface area contributed by atoms with E-state index in [1.807, 2.05) is 0 Å². The van der Waals surface area contributed by atoms with Gasteiger partial charge in [-0.2, -0.15) is 12.8 Å². The van der Waals surface area contributed by atoms with E-state index in [-0.39, 0.29) is 4.90 Å². The predicted molar refractivity (Wildman–Crippen MR) is 101 cm³/mol. The minimum Gasteiger partial charge on any atom is -0.381 e. The van der Waals surface area contributed by atoms with Crippen LogP contribution < -0.4 is 10.2 Å². The molecule has 0 atom stereocenters. The first kappa shape index (κ1) is 18.0. The van der Waals surface area contributed by atoms with Gasteiger partial charge in [0.1, 0.15) is 0 Å². The molecule has 6 heteroatoms. The molecule has 0 radical (unpaired) electrons. The van der Waals surface area contributed by atoms with Gasteiger partial charge < -0.3 is 10.2 Å². The lowest BCUT2D eigenvalue weighted by atomic mass is 10.2. The fourth-order valence-corrected chi connectivity index (χ4v) is 3.07. The first-order valence-electron chi connectivity index (χ1n) is 7.91. The van der Waals surface area contributed by atoms with Crippen LogP contribution in [0.15, 0.2) is 57.8 Å². The van der Waals surface area contributed by atoms with Crippen LogP contribution in [0.3, 0.4) is 0 Å². The van der Waals surface area contributed by atoms with Crippen LogP contribution >= 0.6 is 0 Å². The molecule has 1 N–H and O–H groups in total. The van der Waals surface area contributed by atoms with Crippen molar-refractivity contribution < 1.29 is 8.42 Å². The van der Waals surface area contributed by atoms with Gasteiger partial charge in [0.15, 0.2) is 0 Å². The maximum absolute atomic E-state index is 11.6. The molecule has 0 unspecified atom stereocenters. The maximum Gasteiger partial charge on any atom is 0.281 e. The van der Waals surface area contributed by atoms with Crippen LogP contribution in [0.5, 0.6) is 0 Å². The Labute approximate surface area is 144 Å². The minimum absolute atomic E-state index is 0.145. The topological polar surface area (TPSA) is 61.8 Å². The summed E-state index contributed by atoms with van der Waals surface area (Å²) in [4.78, 5) is 2.44. The third-order valence-electron chi connectivity index (χ3n) is 3.88. The number of hydrogen-bond donors (Lipinski definition) is 1. The Morgan fingerprint density at radius 2 is 1.58 bits per heavy atom.